The number of nitrogens with one attached hydrogen (secondary N) is 1. The number of anilines is 2. The molecule has 0 saturated carbocycles. The van der Waals surface area contributed by atoms with Crippen LogP contribution >= 0.6 is 0 Å². The third-order valence-corrected chi connectivity index (χ3v) is 8.26. The number of nitrogens with zero attached hydrogens (tertiary/aromatic N) is 6. The molecule has 1 aromatic carbocycles. The van der Waals surface area contributed by atoms with Gasteiger partial charge in [-0.05, 0) is 45.2 Å². The Bertz CT molecular complexity index is 1510. The van der Waals surface area contributed by atoms with Crippen molar-refractivity contribution >= 4 is 18.1 Å². The van der Waals surface area contributed by atoms with E-state index in [1.807, 2.05) is 13.8 Å². The molecule has 256 valence electrons. The number of ether oxygens (including phenoxy) is 3. The molecule has 0 radical (unpaired) electrons. The van der Waals surface area contributed by atoms with Gasteiger partial charge in [-0.25, -0.2) is 27.9 Å². The van der Waals surface area contributed by atoms with Crippen molar-refractivity contribution in [2.75, 3.05) is 49.7 Å². The molecule has 12 nitrogen and oxygen atoms in total. The van der Waals surface area contributed by atoms with Crippen molar-refractivity contribution in [2.45, 2.75) is 77.0 Å². The van der Waals surface area contributed by atoms with Crippen LogP contribution < -0.4 is 19.9 Å². The van der Waals surface area contributed by atoms with Crippen molar-refractivity contribution in [3.8, 4) is 5.75 Å². The van der Waals surface area contributed by atoms with Gasteiger partial charge in [0.05, 0.1) is 25.0 Å². The molecule has 2 fully saturated rings. The van der Waals surface area contributed by atoms with Crippen LogP contribution in [0.4, 0.5) is 29.9 Å². The molecule has 0 aliphatic carbocycles. The van der Waals surface area contributed by atoms with Crippen LogP contribution in [0.25, 0.3) is 0 Å². The van der Waals surface area contributed by atoms with E-state index in [0.717, 1.165) is 32.0 Å². The van der Waals surface area contributed by atoms with Crippen LogP contribution in [-0.4, -0.2) is 83.8 Å². The molecule has 0 bridgehead atoms. The molecular formula is C32H42F3N7O5. The molecule has 15 heteroatoms. The molecule has 4 heterocycles. The van der Waals surface area contributed by atoms with Gasteiger partial charge >= 0.3 is 12.1 Å². The SMILES string of the molecule is COCC(Oc1cnc(N2C[C@H](NC(=O)OC(C)(C)C)[C@@H](c3cc(F)c(F)cc3F)C2)nc1)C1CCN(c2nc(C(C)C)no2)CC1. The summed E-state index contributed by atoms with van der Waals surface area (Å²) in [6.45, 7) is 11.3. The Hall–Kier alpha value is -4.14. The van der Waals surface area contributed by atoms with E-state index < -0.39 is 41.1 Å². The standard InChI is InChI=1S/C32H42F3N7O5/c1-18(2)28-39-30(47-40-28)41-9-7-19(8-10-41)27(17-44-6)45-20-13-36-29(37-14-20)42-15-22(21-11-24(34)25(35)12-23(21)33)26(16-42)38-31(43)46-32(3,4)5/h11-14,18-19,22,26-27H,7-10,15-17H2,1-6H3,(H,38,43)/t22-,26+,27?/m1/s1. The molecule has 5 rings (SSSR count). The number of benzene rings is 1. The number of hydrogen-bond donors (Lipinski definition) is 1. The highest BCUT2D eigenvalue weighted by Gasteiger charge is 2.39. The third kappa shape index (κ3) is 8.42. The van der Waals surface area contributed by atoms with E-state index in [1.165, 1.54) is 0 Å². The summed E-state index contributed by atoms with van der Waals surface area (Å²) in [5.41, 5.74) is -0.840. The summed E-state index contributed by atoms with van der Waals surface area (Å²) in [7, 11) is 1.62. The predicted octanol–water partition coefficient (Wildman–Crippen LogP) is 5.21. The molecule has 2 saturated heterocycles. The lowest BCUT2D eigenvalue weighted by Gasteiger charge is -2.34. The second-order valence-electron chi connectivity index (χ2n) is 13.3. The number of aromatic nitrogens is 4. The van der Waals surface area contributed by atoms with Crippen LogP contribution in [0.2, 0.25) is 0 Å². The minimum absolute atomic E-state index is 0.0691. The second-order valence-corrected chi connectivity index (χ2v) is 13.3. The Balaban J connectivity index is 1.25. The molecule has 3 atom stereocenters. The largest absolute Gasteiger partial charge is 0.484 e. The van der Waals surface area contributed by atoms with Crippen molar-refractivity contribution in [1.82, 2.24) is 25.4 Å². The topological polar surface area (TPSA) is 128 Å². The van der Waals surface area contributed by atoms with Crippen molar-refractivity contribution in [2.24, 2.45) is 5.92 Å². The number of piperidine rings is 1. The summed E-state index contributed by atoms with van der Waals surface area (Å²) in [6, 6.07) is 1.16. The molecule has 1 amide bonds. The van der Waals surface area contributed by atoms with Gasteiger partial charge in [0.2, 0.25) is 5.95 Å². The average molecular weight is 662 g/mol. The van der Waals surface area contributed by atoms with E-state index in [-0.39, 0.29) is 36.6 Å². The maximum absolute atomic E-state index is 14.9. The van der Waals surface area contributed by atoms with E-state index in [4.69, 9.17) is 18.7 Å². The Labute approximate surface area is 272 Å². The number of carbonyl (C=O) groups excluding carboxylic acids is 1. The highest BCUT2D eigenvalue weighted by atomic mass is 19.2. The fraction of sp³-hybridized carbons (Fsp3) is 0.594. The Morgan fingerprint density at radius 3 is 2.34 bits per heavy atom. The summed E-state index contributed by atoms with van der Waals surface area (Å²) in [6.07, 6.45) is 3.79. The highest BCUT2D eigenvalue weighted by molar-refractivity contribution is 5.68. The van der Waals surface area contributed by atoms with Crippen molar-refractivity contribution < 1.29 is 36.7 Å². The molecule has 0 spiro atoms. The number of halogens is 3. The van der Waals surface area contributed by atoms with Crippen LogP contribution in [-0.2, 0) is 9.47 Å². The van der Waals surface area contributed by atoms with E-state index in [9.17, 15) is 18.0 Å². The molecule has 1 N–H and O–H groups in total. The normalized spacial score (nSPS) is 19.7. The third-order valence-electron chi connectivity index (χ3n) is 8.26. The maximum Gasteiger partial charge on any atom is 0.407 e. The summed E-state index contributed by atoms with van der Waals surface area (Å²) < 4.78 is 65.4. The van der Waals surface area contributed by atoms with Crippen molar-refractivity contribution in [3.63, 3.8) is 0 Å². The van der Waals surface area contributed by atoms with Crippen molar-refractivity contribution in [3.05, 3.63) is 53.4 Å². The van der Waals surface area contributed by atoms with Crippen LogP contribution in [0, 0.1) is 23.4 Å². The van der Waals surface area contributed by atoms with Gasteiger partial charge in [0, 0.05) is 57.1 Å². The first-order valence-corrected chi connectivity index (χ1v) is 15.8. The molecule has 2 aliphatic heterocycles. The molecule has 1 unspecified atom stereocenters. The van der Waals surface area contributed by atoms with Crippen LogP contribution in [0.5, 0.6) is 5.75 Å². The minimum atomic E-state index is -1.29. The quantitative estimate of drug-likeness (QED) is 0.288. The number of amides is 1. The molecule has 2 aromatic heterocycles. The first-order valence-electron chi connectivity index (χ1n) is 15.8. The Kier molecular flexibility index (Phi) is 10.4. The summed E-state index contributed by atoms with van der Waals surface area (Å²) in [4.78, 5) is 29.9. The maximum atomic E-state index is 14.9. The summed E-state index contributed by atoms with van der Waals surface area (Å²) in [5.74, 6) is -2.31. The summed E-state index contributed by atoms with van der Waals surface area (Å²) in [5, 5.41) is 6.82. The van der Waals surface area contributed by atoms with Gasteiger partial charge in [-0.2, -0.15) is 4.98 Å². The Morgan fingerprint density at radius 1 is 1.04 bits per heavy atom. The van der Waals surface area contributed by atoms with Gasteiger partial charge in [-0.1, -0.05) is 19.0 Å². The van der Waals surface area contributed by atoms with Crippen LogP contribution in [0.15, 0.2) is 29.0 Å². The van der Waals surface area contributed by atoms with Gasteiger partial charge in [-0.15, -0.1) is 0 Å². The fourth-order valence-corrected chi connectivity index (χ4v) is 5.90. The molecule has 3 aromatic rings. The van der Waals surface area contributed by atoms with Crippen molar-refractivity contribution in [1.29, 1.82) is 0 Å². The van der Waals surface area contributed by atoms with Gasteiger partial charge in [0.15, 0.2) is 23.2 Å². The van der Waals surface area contributed by atoms with E-state index in [1.54, 1.807) is 45.2 Å². The highest BCUT2D eigenvalue weighted by Crippen LogP contribution is 2.33. The first-order chi connectivity index (χ1) is 22.3. The predicted molar refractivity (Wildman–Crippen MR) is 166 cm³/mol. The lowest BCUT2D eigenvalue weighted by atomic mass is 9.91. The second kappa shape index (κ2) is 14.3. The first kappa shape index (κ1) is 34.2. The Morgan fingerprint density at radius 2 is 1.72 bits per heavy atom. The molecule has 47 heavy (non-hydrogen) atoms. The van der Waals surface area contributed by atoms with E-state index >= 15 is 0 Å². The number of methoxy groups -OCH3 is 1. The lowest BCUT2D eigenvalue weighted by molar-refractivity contribution is 0.0340. The van der Waals surface area contributed by atoms with E-state index in [0.29, 0.717) is 36.2 Å². The average Bonchev–Trinajstić information content (AvgIpc) is 3.67. The van der Waals surface area contributed by atoms with E-state index in [2.05, 4.69) is 30.3 Å². The zero-order chi connectivity index (χ0) is 33.9. The van der Waals surface area contributed by atoms with Gasteiger partial charge < -0.3 is 33.9 Å². The van der Waals surface area contributed by atoms with Crippen LogP contribution in [0.1, 0.15) is 70.7 Å². The molecular weight excluding hydrogens is 619 g/mol. The fourth-order valence-electron chi connectivity index (χ4n) is 5.90. The van der Waals surface area contributed by atoms with Gasteiger partial charge in [-0.3, -0.25) is 0 Å². The monoisotopic (exact) mass is 661 g/mol. The zero-order valence-electron chi connectivity index (χ0n) is 27.5. The van der Waals surface area contributed by atoms with Gasteiger partial charge in [0.1, 0.15) is 17.5 Å². The lowest BCUT2D eigenvalue weighted by Crippen LogP contribution is -2.43. The minimum Gasteiger partial charge on any atom is -0.484 e. The number of alkyl carbamates (subject to hydrolysis) is 1. The number of rotatable bonds is 10. The molecule has 2 aliphatic rings. The number of carbonyl (C=O) groups is 1. The van der Waals surface area contributed by atoms with Crippen LogP contribution in [0.3, 0.4) is 0 Å². The number of hydrogen-bond acceptors (Lipinski definition) is 11. The van der Waals surface area contributed by atoms with Gasteiger partial charge in [0.25, 0.3) is 0 Å². The zero-order valence-corrected chi connectivity index (χ0v) is 27.5. The smallest absolute Gasteiger partial charge is 0.407 e. The summed E-state index contributed by atoms with van der Waals surface area (Å²) >= 11 is 0.